The fraction of sp³-hybridized carbons (Fsp3) is 0.250. The zero-order valence-electron chi connectivity index (χ0n) is 12.4. The molecular formula is C16H17N2O+. The molecule has 1 aliphatic rings. The second-order valence-corrected chi connectivity index (χ2v) is 5.06. The summed E-state index contributed by atoms with van der Waals surface area (Å²) in [5.74, 6) is -0.0863. The Bertz CT molecular complexity index is 725. The molecule has 19 heavy (non-hydrogen) atoms. The van der Waals surface area contributed by atoms with E-state index in [1.165, 1.54) is 0 Å². The Morgan fingerprint density at radius 3 is 2.95 bits per heavy atom. The van der Waals surface area contributed by atoms with E-state index in [1.807, 2.05) is 23.9 Å². The van der Waals surface area contributed by atoms with Crippen molar-refractivity contribution in [1.82, 2.24) is 4.90 Å². The number of rotatable bonds is 0. The van der Waals surface area contributed by atoms with Gasteiger partial charge in [0.2, 0.25) is 5.69 Å². The summed E-state index contributed by atoms with van der Waals surface area (Å²) >= 11 is 0. The van der Waals surface area contributed by atoms with Gasteiger partial charge in [0, 0.05) is 19.7 Å². The van der Waals surface area contributed by atoms with E-state index in [2.05, 4.69) is 19.1 Å². The molecule has 0 N–H and O–H groups in total. The summed E-state index contributed by atoms with van der Waals surface area (Å²) in [4.78, 5) is 14.3. The van der Waals surface area contributed by atoms with Crippen molar-refractivity contribution in [2.75, 3.05) is 7.05 Å². The predicted octanol–water partition coefficient (Wildman–Crippen LogP) is 2.07. The fourth-order valence-corrected chi connectivity index (χ4v) is 2.73. The van der Waals surface area contributed by atoms with Gasteiger partial charge in [-0.1, -0.05) is 18.2 Å². The molecule has 0 saturated heterocycles. The number of carbonyl (C=O) groups is 1. The Kier molecular flexibility index (Phi) is 2.37. The number of aromatic nitrogens is 1. The van der Waals surface area contributed by atoms with Crippen LogP contribution in [0.25, 0.3) is 11.3 Å². The molecule has 0 spiro atoms. The number of pyridine rings is 1. The summed E-state index contributed by atoms with van der Waals surface area (Å²) in [6, 6.07) is 8.08. The van der Waals surface area contributed by atoms with Gasteiger partial charge in [0.15, 0.2) is 6.20 Å². The van der Waals surface area contributed by atoms with Crippen LogP contribution in [0.1, 0.15) is 22.9 Å². The van der Waals surface area contributed by atoms with Crippen molar-refractivity contribution < 1.29 is 10.7 Å². The molecule has 0 saturated carbocycles. The third-order valence-corrected chi connectivity index (χ3v) is 3.68. The van der Waals surface area contributed by atoms with E-state index in [-0.39, 0.29) is 11.9 Å². The first-order valence-electron chi connectivity index (χ1n) is 6.84. The minimum Gasteiger partial charge on any atom is -0.337 e. The van der Waals surface area contributed by atoms with Gasteiger partial charge in [-0.25, -0.2) is 4.57 Å². The van der Waals surface area contributed by atoms with Crippen LogP contribution in [-0.2, 0) is 13.6 Å². The highest BCUT2D eigenvalue weighted by Gasteiger charge is 2.30. The predicted molar refractivity (Wildman–Crippen MR) is 73.6 cm³/mol. The molecule has 0 fully saturated rings. The van der Waals surface area contributed by atoms with Crippen LogP contribution in [0.15, 0.2) is 36.5 Å². The maximum absolute atomic E-state index is 12.6. The van der Waals surface area contributed by atoms with E-state index in [1.54, 1.807) is 18.0 Å². The molecule has 0 aliphatic carbocycles. The minimum absolute atomic E-state index is 0.0863. The molecule has 2 heterocycles. The van der Waals surface area contributed by atoms with Crippen LogP contribution in [-0.4, -0.2) is 17.9 Å². The quantitative estimate of drug-likeness (QED) is 0.660. The Morgan fingerprint density at radius 1 is 1.37 bits per heavy atom. The largest absolute Gasteiger partial charge is 0.337 e. The van der Waals surface area contributed by atoms with Gasteiger partial charge in [-0.3, -0.25) is 4.79 Å². The summed E-state index contributed by atoms with van der Waals surface area (Å²) < 4.78 is 10.1. The molecule has 3 nitrogen and oxygen atoms in total. The molecule has 0 radical (unpaired) electrons. The monoisotopic (exact) mass is 254 g/mol. The van der Waals surface area contributed by atoms with E-state index in [9.17, 15) is 4.79 Å². The van der Waals surface area contributed by atoms with Gasteiger partial charge in [0.25, 0.3) is 5.91 Å². The third kappa shape index (κ3) is 1.73. The molecule has 3 rings (SSSR count). The van der Waals surface area contributed by atoms with Gasteiger partial charge in [0.1, 0.15) is 12.6 Å². The van der Waals surface area contributed by atoms with Gasteiger partial charge >= 0.3 is 0 Å². The standard InChI is InChI=1S/C16H17N2O/c1-11-6-4-7-12-10-18(3)16(19)13-8-5-9-17(2)15(13)14(11)12/h4-9H,10H2,1-3H3/q+1/i8D. The van der Waals surface area contributed by atoms with Crippen molar-refractivity contribution in [3.63, 3.8) is 0 Å². The molecule has 96 valence electrons. The Morgan fingerprint density at radius 2 is 2.16 bits per heavy atom. The lowest BCUT2D eigenvalue weighted by molar-refractivity contribution is -0.660. The zero-order chi connectivity index (χ0) is 14.4. The molecule has 1 amide bonds. The number of fused-ring (bicyclic) bond motifs is 3. The normalized spacial score (nSPS) is 14.6. The van der Waals surface area contributed by atoms with E-state index in [4.69, 9.17) is 1.37 Å². The van der Waals surface area contributed by atoms with Gasteiger partial charge in [-0.05, 0) is 24.1 Å². The fourth-order valence-electron chi connectivity index (χ4n) is 2.73. The van der Waals surface area contributed by atoms with Crippen LogP contribution in [0.2, 0.25) is 0 Å². The molecule has 0 unspecified atom stereocenters. The molecule has 3 heteroatoms. The van der Waals surface area contributed by atoms with Crippen LogP contribution in [0.3, 0.4) is 0 Å². The number of amides is 1. The maximum atomic E-state index is 12.6. The van der Waals surface area contributed by atoms with Crippen molar-refractivity contribution in [2.24, 2.45) is 7.05 Å². The summed E-state index contributed by atoms with van der Waals surface area (Å²) in [6.45, 7) is 2.62. The van der Waals surface area contributed by atoms with Crippen LogP contribution >= 0.6 is 0 Å². The molecule has 1 aromatic carbocycles. The van der Waals surface area contributed by atoms with Crippen LogP contribution in [0, 0.1) is 6.92 Å². The molecule has 0 bridgehead atoms. The second kappa shape index (κ2) is 4.19. The Hall–Kier alpha value is -2.16. The number of aryl methyl sites for hydroxylation is 2. The number of benzene rings is 1. The van der Waals surface area contributed by atoms with Crippen molar-refractivity contribution in [3.05, 3.63) is 53.2 Å². The minimum atomic E-state index is -0.0863. The van der Waals surface area contributed by atoms with Gasteiger partial charge in [0.05, 0.1) is 6.93 Å². The Balaban J connectivity index is 2.47. The summed E-state index contributed by atoms with van der Waals surface area (Å²) in [6.07, 6.45) is 1.84. The van der Waals surface area contributed by atoms with Crippen LogP contribution in [0.4, 0.5) is 0 Å². The second-order valence-electron chi connectivity index (χ2n) is 5.06. The highest BCUT2D eigenvalue weighted by atomic mass is 16.2. The number of hydrogen-bond acceptors (Lipinski definition) is 1. The third-order valence-electron chi connectivity index (χ3n) is 3.68. The van der Waals surface area contributed by atoms with Crippen molar-refractivity contribution >= 4 is 5.91 Å². The lowest BCUT2D eigenvalue weighted by atomic mass is 9.96. The van der Waals surface area contributed by atoms with Crippen molar-refractivity contribution in [2.45, 2.75) is 13.5 Å². The maximum Gasteiger partial charge on any atom is 0.260 e. The number of hydrogen-bond donors (Lipinski definition) is 0. The summed E-state index contributed by atoms with van der Waals surface area (Å²) in [5, 5.41) is 0. The summed E-state index contributed by atoms with van der Waals surface area (Å²) in [5.41, 5.74) is 4.68. The lowest BCUT2D eigenvalue weighted by Gasteiger charge is -2.14. The lowest BCUT2D eigenvalue weighted by Crippen LogP contribution is -2.33. The molecule has 1 aliphatic heterocycles. The van der Waals surface area contributed by atoms with Crippen molar-refractivity contribution in [1.29, 1.82) is 0 Å². The Labute approximate surface area is 114 Å². The first kappa shape index (κ1) is 10.7. The van der Waals surface area contributed by atoms with E-state index < -0.39 is 0 Å². The average molecular weight is 254 g/mol. The van der Waals surface area contributed by atoms with E-state index in [0.717, 1.165) is 22.4 Å². The topological polar surface area (TPSA) is 24.2 Å². The number of carbonyl (C=O) groups excluding carboxylic acids is 1. The molecule has 1 aromatic heterocycles. The zero-order valence-corrected chi connectivity index (χ0v) is 11.4. The average Bonchev–Trinajstić information content (AvgIpc) is 2.52. The molecule has 2 aromatic rings. The van der Waals surface area contributed by atoms with Gasteiger partial charge in [-0.15, -0.1) is 0 Å². The first-order chi connectivity index (χ1) is 9.50. The first-order valence-corrected chi connectivity index (χ1v) is 6.34. The van der Waals surface area contributed by atoms with E-state index >= 15 is 0 Å². The van der Waals surface area contributed by atoms with Crippen LogP contribution in [0.5, 0.6) is 0 Å². The van der Waals surface area contributed by atoms with Gasteiger partial charge < -0.3 is 4.90 Å². The highest BCUT2D eigenvalue weighted by molar-refractivity contribution is 6.00. The van der Waals surface area contributed by atoms with Crippen molar-refractivity contribution in [3.8, 4) is 11.3 Å². The van der Waals surface area contributed by atoms with E-state index in [0.29, 0.717) is 12.1 Å². The van der Waals surface area contributed by atoms with Crippen LogP contribution < -0.4 is 4.57 Å². The summed E-state index contributed by atoms with van der Waals surface area (Å²) in [7, 11) is 3.71. The highest BCUT2D eigenvalue weighted by Crippen LogP contribution is 2.31. The number of nitrogens with zero attached hydrogens (tertiary/aromatic N) is 2. The SMILES string of the molecule is [2H]c1cc[n+](C)c2c1C(=O)N(C)Cc1cccc(C)c1-2. The molecular weight excluding hydrogens is 236 g/mol. The molecule has 0 atom stereocenters. The van der Waals surface area contributed by atoms with Gasteiger partial charge in [-0.2, -0.15) is 0 Å². The smallest absolute Gasteiger partial charge is 0.260 e.